The van der Waals surface area contributed by atoms with Gasteiger partial charge in [-0.05, 0) is 26.3 Å². The highest BCUT2D eigenvalue weighted by molar-refractivity contribution is 7.99. The molecule has 1 fully saturated rings. The molecule has 0 aliphatic carbocycles. The number of ether oxygens (including phenoxy) is 1. The lowest BCUT2D eigenvalue weighted by molar-refractivity contribution is 0.0117. The zero-order valence-electron chi connectivity index (χ0n) is 12.1. The lowest BCUT2D eigenvalue weighted by Crippen LogP contribution is -2.43. The molecule has 1 heterocycles. The first-order chi connectivity index (χ1) is 9.42. The summed E-state index contributed by atoms with van der Waals surface area (Å²) in [7, 11) is 0. The first-order valence-electron chi connectivity index (χ1n) is 6.71. The van der Waals surface area contributed by atoms with Crippen molar-refractivity contribution in [3.8, 4) is 0 Å². The van der Waals surface area contributed by atoms with Crippen LogP contribution in [-0.4, -0.2) is 40.1 Å². The number of rotatable bonds is 2. The maximum Gasteiger partial charge on any atom is 0.411 e. The molecule has 1 aliphatic rings. The van der Waals surface area contributed by atoms with E-state index >= 15 is 0 Å². The Morgan fingerprint density at radius 2 is 2.05 bits per heavy atom. The van der Waals surface area contributed by atoms with Gasteiger partial charge in [-0.15, -0.1) is 11.8 Å². The molecule has 0 saturated carbocycles. The summed E-state index contributed by atoms with van der Waals surface area (Å²) in [4.78, 5) is 14.1. The fourth-order valence-electron chi connectivity index (χ4n) is 2.13. The van der Waals surface area contributed by atoms with Gasteiger partial charge in [-0.1, -0.05) is 30.3 Å². The maximum atomic E-state index is 12.4. The molecule has 0 aromatic heterocycles. The summed E-state index contributed by atoms with van der Waals surface area (Å²) in [5.74, 6) is 0.718. The van der Waals surface area contributed by atoms with Gasteiger partial charge in [0.15, 0.2) is 0 Å². The molecule has 0 radical (unpaired) electrons. The van der Waals surface area contributed by atoms with Crippen LogP contribution < -0.4 is 0 Å². The average molecular weight is 295 g/mol. The predicted molar refractivity (Wildman–Crippen MR) is 80.6 cm³/mol. The van der Waals surface area contributed by atoms with E-state index in [1.807, 2.05) is 51.1 Å². The number of carbonyl (C=O) groups is 1. The highest BCUT2D eigenvalue weighted by atomic mass is 32.2. The van der Waals surface area contributed by atoms with Crippen molar-refractivity contribution in [2.24, 2.45) is 0 Å². The molecule has 0 spiro atoms. The third-order valence-electron chi connectivity index (χ3n) is 2.99. The molecule has 1 unspecified atom stereocenters. The molecule has 1 saturated heterocycles. The van der Waals surface area contributed by atoms with E-state index in [1.54, 1.807) is 16.7 Å². The lowest BCUT2D eigenvalue weighted by atomic mass is 10.2. The molecule has 1 aromatic rings. The van der Waals surface area contributed by atoms with Crippen molar-refractivity contribution in [3.63, 3.8) is 0 Å². The Morgan fingerprint density at radius 3 is 2.60 bits per heavy atom. The van der Waals surface area contributed by atoms with Crippen LogP contribution in [0, 0.1) is 0 Å². The van der Waals surface area contributed by atoms with E-state index < -0.39 is 5.60 Å². The van der Waals surface area contributed by atoms with Crippen molar-refractivity contribution >= 4 is 17.9 Å². The van der Waals surface area contributed by atoms with Gasteiger partial charge in [0.1, 0.15) is 11.0 Å². The van der Waals surface area contributed by atoms with E-state index in [-0.39, 0.29) is 24.1 Å². The molecule has 1 amide bonds. The monoisotopic (exact) mass is 295 g/mol. The van der Waals surface area contributed by atoms with Crippen LogP contribution in [0.25, 0.3) is 0 Å². The van der Waals surface area contributed by atoms with Crippen molar-refractivity contribution in [3.05, 3.63) is 35.9 Å². The molecule has 2 atom stereocenters. The zero-order valence-corrected chi connectivity index (χ0v) is 12.9. The smallest absolute Gasteiger partial charge is 0.411 e. The van der Waals surface area contributed by atoms with E-state index in [1.165, 1.54) is 0 Å². The quantitative estimate of drug-likeness (QED) is 0.911. The standard InChI is InChI=1S/C15H21NO3S/c1-15(2,3)19-14(18)16-12(9-17)10-20-13(16)11-7-5-4-6-8-11/h4-8,12-13,17H,9-10H2,1-3H3/t12-,13?/m1/s1. The van der Waals surface area contributed by atoms with E-state index in [0.29, 0.717) is 0 Å². The fraction of sp³-hybridized carbons (Fsp3) is 0.533. The molecule has 5 heteroatoms. The van der Waals surface area contributed by atoms with Crippen LogP contribution in [0.5, 0.6) is 0 Å². The molecular weight excluding hydrogens is 274 g/mol. The summed E-state index contributed by atoms with van der Waals surface area (Å²) in [6, 6.07) is 9.65. The minimum absolute atomic E-state index is 0.0461. The van der Waals surface area contributed by atoms with Crippen LogP contribution in [0.4, 0.5) is 4.79 Å². The number of benzene rings is 1. The summed E-state index contributed by atoms with van der Waals surface area (Å²) in [5, 5.41) is 9.39. The Kier molecular flexibility index (Phi) is 4.60. The van der Waals surface area contributed by atoms with Gasteiger partial charge in [0.05, 0.1) is 12.6 Å². The van der Waals surface area contributed by atoms with Crippen molar-refractivity contribution < 1.29 is 14.6 Å². The molecule has 1 N–H and O–H groups in total. The SMILES string of the molecule is CC(C)(C)OC(=O)N1C(c2ccccc2)SC[C@H]1CO. The van der Waals surface area contributed by atoms with E-state index in [2.05, 4.69) is 0 Å². The molecule has 1 aliphatic heterocycles. The van der Waals surface area contributed by atoms with Crippen LogP contribution in [0.2, 0.25) is 0 Å². The normalized spacial score (nSPS) is 22.9. The third-order valence-corrected chi connectivity index (χ3v) is 4.38. The first kappa shape index (κ1) is 15.2. The Hall–Kier alpha value is -1.20. The molecule has 4 nitrogen and oxygen atoms in total. The number of amides is 1. The minimum atomic E-state index is -0.536. The van der Waals surface area contributed by atoms with Gasteiger partial charge in [-0.25, -0.2) is 4.79 Å². The summed E-state index contributed by atoms with van der Waals surface area (Å²) < 4.78 is 5.47. The summed E-state index contributed by atoms with van der Waals surface area (Å²) in [6.45, 7) is 5.49. The molecular formula is C15H21NO3S. The number of carbonyl (C=O) groups excluding carboxylic acids is 1. The number of aliphatic hydroxyl groups is 1. The van der Waals surface area contributed by atoms with Gasteiger partial charge in [0, 0.05) is 5.75 Å². The van der Waals surface area contributed by atoms with Gasteiger partial charge < -0.3 is 9.84 Å². The topological polar surface area (TPSA) is 49.8 Å². The van der Waals surface area contributed by atoms with E-state index in [9.17, 15) is 9.90 Å². The maximum absolute atomic E-state index is 12.4. The number of hydrogen-bond donors (Lipinski definition) is 1. The van der Waals surface area contributed by atoms with Crippen LogP contribution in [-0.2, 0) is 4.74 Å². The average Bonchev–Trinajstić information content (AvgIpc) is 2.81. The van der Waals surface area contributed by atoms with Gasteiger partial charge in [0.25, 0.3) is 0 Å². The van der Waals surface area contributed by atoms with Crippen LogP contribution in [0.3, 0.4) is 0 Å². The minimum Gasteiger partial charge on any atom is -0.444 e. The van der Waals surface area contributed by atoms with Crippen molar-refractivity contribution in [2.45, 2.75) is 37.8 Å². The van der Waals surface area contributed by atoms with Crippen molar-refractivity contribution in [1.82, 2.24) is 4.90 Å². The third kappa shape index (κ3) is 3.46. The number of nitrogens with zero attached hydrogens (tertiary/aromatic N) is 1. The highest BCUT2D eigenvalue weighted by Gasteiger charge is 2.40. The van der Waals surface area contributed by atoms with Gasteiger partial charge in [0.2, 0.25) is 0 Å². The zero-order chi connectivity index (χ0) is 14.8. The largest absolute Gasteiger partial charge is 0.444 e. The Bertz CT molecular complexity index is 458. The van der Waals surface area contributed by atoms with Crippen LogP contribution >= 0.6 is 11.8 Å². The highest BCUT2D eigenvalue weighted by Crippen LogP contribution is 2.41. The summed E-state index contributed by atoms with van der Waals surface area (Å²) in [5.41, 5.74) is 0.519. The fourth-order valence-corrected chi connectivity index (χ4v) is 3.57. The second-order valence-electron chi connectivity index (χ2n) is 5.82. The summed E-state index contributed by atoms with van der Waals surface area (Å²) in [6.07, 6.45) is -0.365. The molecule has 0 bridgehead atoms. The second-order valence-corrected chi connectivity index (χ2v) is 6.93. The predicted octanol–water partition coefficient (Wildman–Crippen LogP) is 3.03. The molecule has 110 valence electrons. The molecule has 2 rings (SSSR count). The van der Waals surface area contributed by atoms with Gasteiger partial charge in [-0.3, -0.25) is 4.90 Å². The summed E-state index contributed by atoms with van der Waals surface area (Å²) >= 11 is 1.66. The number of aliphatic hydroxyl groups excluding tert-OH is 1. The van der Waals surface area contributed by atoms with Crippen LogP contribution in [0.1, 0.15) is 31.7 Å². The Morgan fingerprint density at radius 1 is 1.40 bits per heavy atom. The number of thioether (sulfide) groups is 1. The van der Waals surface area contributed by atoms with Crippen molar-refractivity contribution in [2.75, 3.05) is 12.4 Å². The van der Waals surface area contributed by atoms with E-state index in [0.717, 1.165) is 11.3 Å². The Labute approximate surface area is 124 Å². The molecule has 1 aromatic carbocycles. The second kappa shape index (κ2) is 6.06. The molecule has 20 heavy (non-hydrogen) atoms. The van der Waals surface area contributed by atoms with E-state index in [4.69, 9.17) is 4.74 Å². The number of hydrogen-bond acceptors (Lipinski definition) is 4. The van der Waals surface area contributed by atoms with Gasteiger partial charge in [-0.2, -0.15) is 0 Å². The lowest BCUT2D eigenvalue weighted by Gasteiger charge is -2.31. The van der Waals surface area contributed by atoms with Crippen molar-refractivity contribution in [1.29, 1.82) is 0 Å². The Balaban J connectivity index is 2.22. The first-order valence-corrected chi connectivity index (χ1v) is 7.76. The van der Waals surface area contributed by atoms with Gasteiger partial charge >= 0.3 is 6.09 Å². The van der Waals surface area contributed by atoms with Crippen LogP contribution in [0.15, 0.2) is 30.3 Å².